The maximum atomic E-state index is 14.3. The molecule has 27 heavy (non-hydrogen) atoms. The van der Waals surface area contributed by atoms with Crippen molar-refractivity contribution in [3.63, 3.8) is 0 Å². The number of aldehydes is 1. The third-order valence-corrected chi connectivity index (χ3v) is 4.88. The first kappa shape index (κ1) is 19.3. The van der Waals surface area contributed by atoms with E-state index in [2.05, 4.69) is 5.32 Å². The van der Waals surface area contributed by atoms with E-state index in [9.17, 15) is 18.8 Å². The molecule has 0 radical (unpaired) electrons. The van der Waals surface area contributed by atoms with Crippen molar-refractivity contribution in [2.45, 2.75) is 58.1 Å². The zero-order valence-corrected chi connectivity index (χ0v) is 15.9. The maximum Gasteiger partial charge on any atom is 0.410 e. The van der Waals surface area contributed by atoms with Crippen LogP contribution in [0.2, 0.25) is 0 Å². The number of hydrogen-bond donors (Lipinski definition) is 1. The third-order valence-electron chi connectivity index (χ3n) is 4.88. The second-order valence-corrected chi connectivity index (χ2v) is 8.22. The van der Waals surface area contributed by atoms with Gasteiger partial charge in [-0.2, -0.15) is 0 Å². The largest absolute Gasteiger partial charge is 0.444 e. The number of carbonyl (C=O) groups excluding carboxylic acids is 3. The summed E-state index contributed by atoms with van der Waals surface area (Å²) in [5.74, 6) is -0.983. The van der Waals surface area contributed by atoms with Gasteiger partial charge in [-0.05, 0) is 69.7 Å². The van der Waals surface area contributed by atoms with Gasteiger partial charge in [0.15, 0.2) is 0 Å². The van der Waals surface area contributed by atoms with Crippen LogP contribution in [0.3, 0.4) is 0 Å². The molecule has 0 bridgehead atoms. The number of fused-ring (bicyclic) bond motifs is 1. The summed E-state index contributed by atoms with van der Waals surface area (Å²) in [5.41, 5.74) is 0.997. The van der Waals surface area contributed by atoms with E-state index in [-0.39, 0.29) is 11.8 Å². The number of rotatable bonds is 3. The van der Waals surface area contributed by atoms with Gasteiger partial charge in [-0.15, -0.1) is 0 Å². The summed E-state index contributed by atoms with van der Waals surface area (Å²) in [6.07, 6.45) is 2.44. The average molecular weight is 376 g/mol. The molecule has 146 valence electrons. The molecule has 0 aromatic heterocycles. The maximum absolute atomic E-state index is 14.3. The molecule has 1 aromatic rings. The van der Waals surface area contributed by atoms with Crippen LogP contribution in [-0.2, 0) is 27.2 Å². The molecule has 2 amide bonds. The summed E-state index contributed by atoms with van der Waals surface area (Å²) in [6.45, 7) is 5.77. The van der Waals surface area contributed by atoms with Crippen molar-refractivity contribution in [2.24, 2.45) is 5.92 Å². The Hall–Kier alpha value is -2.44. The number of amides is 2. The molecule has 2 unspecified atom stereocenters. The van der Waals surface area contributed by atoms with Crippen molar-refractivity contribution in [3.8, 4) is 0 Å². The van der Waals surface area contributed by atoms with Crippen LogP contribution in [0.4, 0.5) is 14.9 Å². The van der Waals surface area contributed by atoms with Gasteiger partial charge >= 0.3 is 6.09 Å². The number of likely N-dealkylation sites (tertiary alicyclic amines) is 1. The van der Waals surface area contributed by atoms with Gasteiger partial charge in [0.2, 0.25) is 5.91 Å². The fraction of sp³-hybridized carbons (Fsp3) is 0.550. The highest BCUT2D eigenvalue weighted by Gasteiger charge is 2.37. The van der Waals surface area contributed by atoms with Gasteiger partial charge in [-0.3, -0.25) is 9.69 Å². The number of nitrogens with zero attached hydrogens (tertiary/aromatic N) is 1. The van der Waals surface area contributed by atoms with E-state index in [0.29, 0.717) is 43.5 Å². The summed E-state index contributed by atoms with van der Waals surface area (Å²) in [6, 6.07) is 2.35. The molecule has 1 fully saturated rings. The average Bonchev–Trinajstić information content (AvgIpc) is 3.20. The third kappa shape index (κ3) is 4.28. The van der Waals surface area contributed by atoms with E-state index >= 15 is 0 Å². The van der Waals surface area contributed by atoms with Gasteiger partial charge in [0.25, 0.3) is 0 Å². The van der Waals surface area contributed by atoms with E-state index in [1.165, 1.54) is 11.0 Å². The molecule has 1 saturated heterocycles. The summed E-state index contributed by atoms with van der Waals surface area (Å²) >= 11 is 0. The molecule has 6 nitrogen and oxygen atoms in total. The lowest BCUT2D eigenvalue weighted by Gasteiger charge is -2.28. The smallest absolute Gasteiger partial charge is 0.410 e. The first-order chi connectivity index (χ1) is 12.7. The fourth-order valence-corrected chi connectivity index (χ4v) is 3.69. The summed E-state index contributed by atoms with van der Waals surface area (Å²) in [4.78, 5) is 37.4. The minimum atomic E-state index is -0.640. The Kier molecular flexibility index (Phi) is 5.22. The topological polar surface area (TPSA) is 75.7 Å². The number of ether oxygens (including phenoxy) is 1. The van der Waals surface area contributed by atoms with Crippen molar-refractivity contribution in [3.05, 3.63) is 29.1 Å². The molecule has 1 N–H and O–H groups in total. The summed E-state index contributed by atoms with van der Waals surface area (Å²) in [7, 11) is 0. The van der Waals surface area contributed by atoms with Crippen LogP contribution in [0, 0.1) is 11.7 Å². The first-order valence-electron chi connectivity index (χ1n) is 9.25. The second kappa shape index (κ2) is 7.29. The molecule has 1 heterocycles. The van der Waals surface area contributed by atoms with Crippen molar-refractivity contribution >= 4 is 24.0 Å². The normalized spacial score (nSPS) is 21.7. The van der Waals surface area contributed by atoms with Crippen LogP contribution in [0.15, 0.2) is 12.1 Å². The summed E-state index contributed by atoms with van der Waals surface area (Å²) < 4.78 is 19.7. The van der Waals surface area contributed by atoms with Crippen molar-refractivity contribution in [2.75, 3.05) is 11.9 Å². The highest BCUT2D eigenvalue weighted by Crippen LogP contribution is 2.31. The molecular formula is C20H25FN2O4. The Balaban J connectivity index is 1.71. The van der Waals surface area contributed by atoms with Crippen molar-refractivity contribution in [1.29, 1.82) is 0 Å². The zero-order valence-electron chi connectivity index (χ0n) is 15.9. The molecular weight excluding hydrogens is 351 g/mol. The van der Waals surface area contributed by atoms with E-state index in [1.54, 1.807) is 26.8 Å². The van der Waals surface area contributed by atoms with Gasteiger partial charge in [-0.1, -0.05) is 0 Å². The first-order valence-corrected chi connectivity index (χ1v) is 9.25. The minimum absolute atomic E-state index is 0.210. The van der Waals surface area contributed by atoms with Gasteiger partial charge in [0, 0.05) is 18.2 Å². The van der Waals surface area contributed by atoms with Crippen LogP contribution >= 0.6 is 0 Å². The molecule has 2 aliphatic rings. The van der Waals surface area contributed by atoms with Gasteiger partial charge in [0.05, 0.1) is 0 Å². The number of benzene rings is 1. The predicted octanol–water partition coefficient (Wildman–Crippen LogP) is 3.08. The molecule has 1 aliphatic heterocycles. The van der Waals surface area contributed by atoms with Gasteiger partial charge < -0.3 is 14.8 Å². The monoisotopic (exact) mass is 376 g/mol. The van der Waals surface area contributed by atoms with Gasteiger partial charge in [-0.25, -0.2) is 9.18 Å². The fourth-order valence-electron chi connectivity index (χ4n) is 3.69. The Labute approximate surface area is 158 Å². The molecule has 0 saturated carbocycles. The van der Waals surface area contributed by atoms with E-state index in [0.717, 1.165) is 11.8 Å². The van der Waals surface area contributed by atoms with Crippen LogP contribution in [-0.4, -0.2) is 41.4 Å². The van der Waals surface area contributed by atoms with Crippen molar-refractivity contribution < 1.29 is 23.5 Å². The van der Waals surface area contributed by atoms with Crippen LogP contribution in [0.25, 0.3) is 0 Å². The number of hydrogen-bond acceptors (Lipinski definition) is 4. The lowest BCUT2D eigenvalue weighted by Crippen LogP contribution is -2.45. The number of anilines is 1. The molecule has 3 rings (SSSR count). The Morgan fingerprint density at radius 3 is 2.70 bits per heavy atom. The molecule has 1 aliphatic carbocycles. The quantitative estimate of drug-likeness (QED) is 0.823. The molecule has 0 spiro atoms. The number of nitrogens with one attached hydrogen (secondary N) is 1. The Morgan fingerprint density at radius 2 is 2.04 bits per heavy atom. The second-order valence-electron chi connectivity index (χ2n) is 8.22. The Morgan fingerprint density at radius 1 is 1.30 bits per heavy atom. The number of carbonyl (C=O) groups is 3. The minimum Gasteiger partial charge on any atom is -0.444 e. The molecule has 2 atom stereocenters. The Bertz CT molecular complexity index is 772. The summed E-state index contributed by atoms with van der Waals surface area (Å²) in [5, 5.41) is 2.72. The molecule has 1 aromatic carbocycles. The van der Waals surface area contributed by atoms with Crippen LogP contribution < -0.4 is 5.32 Å². The van der Waals surface area contributed by atoms with E-state index in [4.69, 9.17) is 4.74 Å². The highest BCUT2D eigenvalue weighted by molar-refractivity contribution is 5.97. The highest BCUT2D eigenvalue weighted by atomic mass is 19.1. The zero-order chi connectivity index (χ0) is 19.8. The standard InChI is InChI=1S/C20H25FN2O4/c1-20(2,3)27-19(26)23-6-4-5-17(23)18(25)22-14-9-13-7-12(11-24)8-15(13)16(21)10-14/h9-12,17H,4-8H2,1-3H3,(H,22,25). The SMILES string of the molecule is CC(C)(C)OC(=O)N1CCCC1C(=O)Nc1cc(F)c2c(c1)CC(C=O)C2. The van der Waals surface area contributed by atoms with E-state index in [1.807, 2.05) is 0 Å². The lowest BCUT2D eigenvalue weighted by atomic mass is 10.1. The van der Waals surface area contributed by atoms with Crippen LogP contribution in [0.5, 0.6) is 0 Å². The van der Waals surface area contributed by atoms with Gasteiger partial charge in [0.1, 0.15) is 23.7 Å². The molecule has 7 heteroatoms. The lowest BCUT2D eigenvalue weighted by molar-refractivity contribution is -0.120. The van der Waals surface area contributed by atoms with E-state index < -0.39 is 23.6 Å². The number of halogens is 1. The van der Waals surface area contributed by atoms with Crippen LogP contribution in [0.1, 0.15) is 44.7 Å². The van der Waals surface area contributed by atoms with Crippen molar-refractivity contribution in [1.82, 2.24) is 4.90 Å². The predicted molar refractivity (Wildman–Crippen MR) is 98.0 cm³/mol.